The van der Waals surface area contributed by atoms with Gasteiger partial charge in [0.2, 0.25) is 0 Å². The summed E-state index contributed by atoms with van der Waals surface area (Å²) < 4.78 is 0. The molecule has 3 aliphatic rings. The fourth-order valence-corrected chi connectivity index (χ4v) is 3.80. The summed E-state index contributed by atoms with van der Waals surface area (Å²) in [5, 5.41) is 12.8. The molecule has 0 aromatic heterocycles. The summed E-state index contributed by atoms with van der Waals surface area (Å²) in [5.41, 5.74) is 5.08. The zero-order chi connectivity index (χ0) is 12.8. The third kappa shape index (κ3) is 1.82. The van der Waals surface area contributed by atoms with E-state index in [0.717, 1.165) is 31.1 Å². The van der Waals surface area contributed by atoms with Crippen molar-refractivity contribution in [2.75, 3.05) is 24.5 Å². The lowest BCUT2D eigenvalue weighted by atomic mass is 9.83. The van der Waals surface area contributed by atoms with Gasteiger partial charge in [-0.25, -0.2) is 0 Å². The van der Waals surface area contributed by atoms with Gasteiger partial charge in [0, 0.05) is 31.9 Å². The monoisotopic (exact) mass is 253 g/mol. The Bertz CT molecular complexity index is 554. The minimum atomic E-state index is 0.705. The number of nitriles is 1. The van der Waals surface area contributed by atoms with Gasteiger partial charge in [0.05, 0.1) is 11.6 Å². The van der Waals surface area contributed by atoms with E-state index < -0.39 is 0 Å². The maximum atomic E-state index is 9.27. The van der Waals surface area contributed by atoms with Gasteiger partial charge in [-0.15, -0.1) is 0 Å². The summed E-state index contributed by atoms with van der Waals surface area (Å²) in [6.45, 7) is 4.24. The molecule has 0 amide bonds. The van der Waals surface area contributed by atoms with E-state index in [-0.39, 0.29) is 0 Å². The molecule has 0 bridgehead atoms. The normalized spacial score (nSPS) is 25.4. The lowest BCUT2D eigenvalue weighted by molar-refractivity contribution is 0.524. The second-order valence-corrected chi connectivity index (χ2v) is 6.08. The van der Waals surface area contributed by atoms with Gasteiger partial charge in [0.25, 0.3) is 0 Å². The molecule has 98 valence electrons. The predicted octanol–water partition coefficient (Wildman–Crippen LogP) is 2.37. The van der Waals surface area contributed by atoms with Gasteiger partial charge in [-0.1, -0.05) is 0 Å². The van der Waals surface area contributed by atoms with Gasteiger partial charge in [-0.2, -0.15) is 5.26 Å². The standard InChI is InChI=1S/C16H19N3/c17-9-11-7-13-10-18-4-6-19-5-3-14(12-1-2-12)15(8-11)16(13)19/h7-8,12,14,18H,1-6,10H2. The highest BCUT2D eigenvalue weighted by atomic mass is 15.2. The Labute approximate surface area is 114 Å². The molecular weight excluding hydrogens is 234 g/mol. The van der Waals surface area contributed by atoms with Gasteiger partial charge in [0.1, 0.15) is 0 Å². The first-order chi connectivity index (χ1) is 9.36. The Balaban J connectivity index is 1.89. The van der Waals surface area contributed by atoms with Crippen LogP contribution < -0.4 is 10.2 Å². The van der Waals surface area contributed by atoms with Crippen molar-refractivity contribution < 1.29 is 0 Å². The summed E-state index contributed by atoms with van der Waals surface area (Å²) in [6.07, 6.45) is 4.04. The lowest BCUT2D eigenvalue weighted by Crippen LogP contribution is -2.34. The quantitative estimate of drug-likeness (QED) is 0.835. The van der Waals surface area contributed by atoms with Crippen LogP contribution in [0, 0.1) is 17.2 Å². The number of hydrogen-bond donors (Lipinski definition) is 1. The molecule has 19 heavy (non-hydrogen) atoms. The largest absolute Gasteiger partial charge is 0.370 e. The molecule has 1 aromatic carbocycles. The Kier molecular flexibility index (Phi) is 2.53. The molecule has 0 saturated heterocycles. The van der Waals surface area contributed by atoms with Crippen LogP contribution >= 0.6 is 0 Å². The molecule has 3 heteroatoms. The van der Waals surface area contributed by atoms with Crippen LogP contribution in [-0.2, 0) is 6.54 Å². The van der Waals surface area contributed by atoms with Crippen molar-refractivity contribution in [2.24, 2.45) is 5.92 Å². The van der Waals surface area contributed by atoms with Gasteiger partial charge in [0.15, 0.2) is 0 Å². The predicted molar refractivity (Wildman–Crippen MR) is 75.2 cm³/mol. The molecule has 1 atom stereocenters. The number of anilines is 1. The van der Waals surface area contributed by atoms with E-state index in [1.165, 1.54) is 42.6 Å². The zero-order valence-corrected chi connectivity index (χ0v) is 11.2. The first-order valence-corrected chi connectivity index (χ1v) is 7.39. The van der Waals surface area contributed by atoms with Crippen molar-refractivity contribution in [1.29, 1.82) is 5.26 Å². The molecule has 1 aliphatic carbocycles. The van der Waals surface area contributed by atoms with E-state index in [9.17, 15) is 5.26 Å². The Morgan fingerprint density at radius 2 is 2.11 bits per heavy atom. The first-order valence-electron chi connectivity index (χ1n) is 7.39. The van der Waals surface area contributed by atoms with Gasteiger partial charge < -0.3 is 10.2 Å². The number of rotatable bonds is 1. The number of benzene rings is 1. The van der Waals surface area contributed by atoms with Crippen molar-refractivity contribution in [3.05, 3.63) is 28.8 Å². The molecule has 0 radical (unpaired) electrons. The van der Waals surface area contributed by atoms with E-state index in [1.807, 2.05) is 0 Å². The van der Waals surface area contributed by atoms with Gasteiger partial charge in [-0.05, 0) is 54.4 Å². The fourth-order valence-electron chi connectivity index (χ4n) is 3.80. The van der Waals surface area contributed by atoms with Crippen LogP contribution in [0.1, 0.15) is 41.9 Å². The molecule has 4 rings (SSSR count). The number of hydrogen-bond acceptors (Lipinski definition) is 3. The van der Waals surface area contributed by atoms with E-state index >= 15 is 0 Å². The average molecular weight is 253 g/mol. The summed E-state index contributed by atoms with van der Waals surface area (Å²) in [4.78, 5) is 2.53. The maximum absolute atomic E-state index is 9.27. The third-order valence-electron chi connectivity index (χ3n) is 4.84. The van der Waals surface area contributed by atoms with Crippen molar-refractivity contribution in [3.8, 4) is 6.07 Å². The minimum absolute atomic E-state index is 0.705. The van der Waals surface area contributed by atoms with Crippen LogP contribution in [0.4, 0.5) is 5.69 Å². The summed E-state index contributed by atoms with van der Waals surface area (Å²) in [7, 11) is 0. The van der Waals surface area contributed by atoms with Gasteiger partial charge >= 0.3 is 0 Å². The van der Waals surface area contributed by atoms with E-state index in [1.54, 1.807) is 0 Å². The topological polar surface area (TPSA) is 39.1 Å². The second kappa shape index (κ2) is 4.25. The fraction of sp³-hybridized carbons (Fsp3) is 0.562. The number of nitrogens with one attached hydrogen (secondary N) is 1. The maximum Gasteiger partial charge on any atom is 0.0991 e. The lowest BCUT2D eigenvalue weighted by Gasteiger charge is -2.36. The zero-order valence-electron chi connectivity index (χ0n) is 11.2. The minimum Gasteiger partial charge on any atom is -0.370 e. The highest BCUT2D eigenvalue weighted by Crippen LogP contribution is 2.50. The molecule has 3 nitrogen and oxygen atoms in total. The highest BCUT2D eigenvalue weighted by Gasteiger charge is 2.38. The average Bonchev–Trinajstić information content (AvgIpc) is 3.26. The Morgan fingerprint density at radius 1 is 1.21 bits per heavy atom. The van der Waals surface area contributed by atoms with Crippen molar-refractivity contribution in [1.82, 2.24) is 5.32 Å². The van der Waals surface area contributed by atoms with Crippen molar-refractivity contribution in [3.63, 3.8) is 0 Å². The summed E-state index contributed by atoms with van der Waals surface area (Å²) in [5.74, 6) is 1.59. The third-order valence-corrected chi connectivity index (χ3v) is 4.84. The molecule has 2 aliphatic heterocycles. The van der Waals surface area contributed by atoms with Crippen LogP contribution in [0.2, 0.25) is 0 Å². The van der Waals surface area contributed by atoms with Crippen molar-refractivity contribution >= 4 is 5.69 Å². The Morgan fingerprint density at radius 3 is 2.89 bits per heavy atom. The molecule has 2 heterocycles. The molecular formula is C16H19N3. The van der Waals surface area contributed by atoms with Crippen LogP contribution in [0.25, 0.3) is 0 Å². The molecule has 1 fully saturated rings. The summed E-state index contributed by atoms with van der Waals surface area (Å²) >= 11 is 0. The number of nitrogens with zero attached hydrogens (tertiary/aromatic N) is 2. The highest BCUT2D eigenvalue weighted by molar-refractivity contribution is 5.66. The van der Waals surface area contributed by atoms with Crippen LogP contribution in [-0.4, -0.2) is 19.6 Å². The van der Waals surface area contributed by atoms with E-state index in [4.69, 9.17) is 0 Å². The molecule has 1 saturated carbocycles. The van der Waals surface area contributed by atoms with E-state index in [0.29, 0.717) is 5.92 Å². The van der Waals surface area contributed by atoms with Crippen LogP contribution in [0.5, 0.6) is 0 Å². The van der Waals surface area contributed by atoms with Crippen LogP contribution in [0.15, 0.2) is 12.1 Å². The van der Waals surface area contributed by atoms with Crippen molar-refractivity contribution in [2.45, 2.75) is 31.7 Å². The first kappa shape index (κ1) is 11.3. The molecule has 0 spiro atoms. The van der Waals surface area contributed by atoms with E-state index in [2.05, 4.69) is 28.4 Å². The Hall–Kier alpha value is -1.53. The summed E-state index contributed by atoms with van der Waals surface area (Å²) in [6, 6.07) is 6.59. The van der Waals surface area contributed by atoms with Gasteiger partial charge in [-0.3, -0.25) is 0 Å². The molecule has 1 unspecified atom stereocenters. The smallest absolute Gasteiger partial charge is 0.0991 e. The SMILES string of the molecule is N#Cc1cc2c3c(c1)C(C1CC1)CCN3CCNC2. The second-order valence-electron chi connectivity index (χ2n) is 6.08. The molecule has 1 aromatic rings. The van der Waals surface area contributed by atoms with Crippen LogP contribution in [0.3, 0.4) is 0 Å². The molecule has 1 N–H and O–H groups in total.